The van der Waals surface area contributed by atoms with Gasteiger partial charge in [-0.3, -0.25) is 0 Å². The molecule has 30 heavy (non-hydrogen) atoms. The fourth-order valence-corrected chi connectivity index (χ4v) is 4.29. The maximum atomic E-state index is 11.7. The topological polar surface area (TPSA) is 34.9 Å². The van der Waals surface area contributed by atoms with Crippen molar-refractivity contribution in [3.63, 3.8) is 0 Å². The van der Waals surface area contributed by atoms with E-state index in [1.54, 1.807) is 0 Å². The number of imidazole rings is 1. The predicted octanol–water partition coefficient (Wildman–Crippen LogP) is 5.81. The summed E-state index contributed by atoms with van der Waals surface area (Å²) in [6, 6.07) is 31.5. The van der Waals surface area contributed by atoms with Crippen molar-refractivity contribution in [3.8, 4) is 0 Å². The van der Waals surface area contributed by atoms with E-state index < -0.39 is 5.54 Å². The van der Waals surface area contributed by atoms with Crippen LogP contribution in [0, 0.1) is 0 Å². The maximum absolute atomic E-state index is 11.7. The Hall–Kier alpha value is -3.46. The Morgan fingerprint density at radius 3 is 1.70 bits per heavy atom. The quantitative estimate of drug-likeness (QED) is 0.279. The summed E-state index contributed by atoms with van der Waals surface area (Å²) in [5.74, 6) is -0.184. The van der Waals surface area contributed by atoms with E-state index in [9.17, 15) is 4.79 Å². The molecule has 3 aromatic carbocycles. The zero-order chi connectivity index (χ0) is 20.8. The summed E-state index contributed by atoms with van der Waals surface area (Å²) in [4.78, 5) is 16.4. The highest BCUT2D eigenvalue weighted by molar-refractivity contribution is 5.61. The average molecular weight is 395 g/mol. The Labute approximate surface area is 178 Å². The molecule has 4 aromatic rings. The summed E-state index contributed by atoms with van der Waals surface area (Å²) in [6.07, 6.45) is 6.68. The average Bonchev–Trinajstić information content (AvgIpc) is 3.30. The lowest BCUT2D eigenvalue weighted by Gasteiger charge is -2.37. The van der Waals surface area contributed by atoms with Crippen LogP contribution in [0.5, 0.6) is 0 Å². The molecule has 1 heterocycles. The van der Waals surface area contributed by atoms with Crippen LogP contribution in [0.4, 0.5) is 0 Å². The summed E-state index contributed by atoms with van der Waals surface area (Å²) in [7, 11) is 0. The zero-order valence-electron chi connectivity index (χ0n) is 17.2. The second kappa shape index (κ2) is 8.91. The van der Waals surface area contributed by atoms with Gasteiger partial charge in [-0.1, -0.05) is 104 Å². The minimum atomic E-state index is -0.589. The molecular weight excluding hydrogens is 368 g/mol. The molecule has 0 N–H and O–H groups in total. The van der Waals surface area contributed by atoms with Crippen LogP contribution in [-0.2, 0) is 10.3 Å². The summed E-state index contributed by atoms with van der Waals surface area (Å²) in [5, 5.41) is 0. The van der Waals surface area contributed by atoms with E-state index in [2.05, 4.69) is 89.3 Å². The van der Waals surface area contributed by atoms with Gasteiger partial charge in [-0.25, -0.2) is 4.98 Å². The van der Waals surface area contributed by atoms with Crippen molar-refractivity contribution in [1.82, 2.24) is 9.55 Å². The van der Waals surface area contributed by atoms with E-state index >= 15 is 0 Å². The Morgan fingerprint density at radius 1 is 0.833 bits per heavy atom. The summed E-state index contributed by atoms with van der Waals surface area (Å²) < 4.78 is 2.16. The number of aldehydes is 1. The predicted molar refractivity (Wildman–Crippen MR) is 121 cm³/mol. The van der Waals surface area contributed by atoms with Crippen LogP contribution in [0.1, 0.15) is 48.1 Å². The Bertz CT molecular complexity index is 975. The van der Waals surface area contributed by atoms with E-state index in [0.29, 0.717) is 0 Å². The first-order valence-electron chi connectivity index (χ1n) is 10.5. The van der Waals surface area contributed by atoms with E-state index in [-0.39, 0.29) is 5.92 Å². The standard InChI is InChI=1S/C27H26N2O/c1-2-12-22(20-30)26-19-29(21-28-26)27(23-13-6-3-7-14-23,24-15-8-4-9-16-24)25-17-10-5-11-18-25/h3-11,13-22H,2,12H2,1H3. The fourth-order valence-electron chi connectivity index (χ4n) is 4.29. The maximum Gasteiger partial charge on any atom is 0.129 e. The minimum Gasteiger partial charge on any atom is -0.319 e. The van der Waals surface area contributed by atoms with Crippen LogP contribution in [0.25, 0.3) is 0 Å². The molecule has 0 fully saturated rings. The second-order valence-corrected chi connectivity index (χ2v) is 7.55. The van der Waals surface area contributed by atoms with Gasteiger partial charge in [-0.15, -0.1) is 0 Å². The molecule has 0 spiro atoms. The highest BCUT2D eigenvalue weighted by atomic mass is 16.1. The molecule has 1 unspecified atom stereocenters. The monoisotopic (exact) mass is 394 g/mol. The Kier molecular flexibility index (Phi) is 5.89. The lowest BCUT2D eigenvalue weighted by atomic mass is 9.76. The number of hydrogen-bond donors (Lipinski definition) is 0. The number of benzene rings is 3. The van der Waals surface area contributed by atoms with Crippen LogP contribution in [0.15, 0.2) is 104 Å². The minimum absolute atomic E-state index is 0.184. The molecule has 0 aliphatic carbocycles. The highest BCUT2D eigenvalue weighted by Crippen LogP contribution is 2.41. The molecule has 4 rings (SSSR count). The van der Waals surface area contributed by atoms with Gasteiger partial charge in [0, 0.05) is 6.20 Å². The first kappa shape index (κ1) is 19.8. The number of carbonyl (C=O) groups excluding carboxylic acids is 1. The van der Waals surface area contributed by atoms with E-state index in [4.69, 9.17) is 0 Å². The highest BCUT2D eigenvalue weighted by Gasteiger charge is 2.38. The van der Waals surface area contributed by atoms with Gasteiger partial charge in [0.15, 0.2) is 0 Å². The lowest BCUT2D eigenvalue weighted by molar-refractivity contribution is -0.109. The molecule has 0 radical (unpaired) electrons. The van der Waals surface area contributed by atoms with E-state index in [1.807, 2.05) is 30.7 Å². The first-order chi connectivity index (χ1) is 14.8. The third-order valence-corrected chi connectivity index (χ3v) is 5.71. The van der Waals surface area contributed by atoms with Crippen molar-refractivity contribution < 1.29 is 4.79 Å². The van der Waals surface area contributed by atoms with Gasteiger partial charge in [0.2, 0.25) is 0 Å². The Balaban J connectivity index is 2.01. The van der Waals surface area contributed by atoms with Crippen molar-refractivity contribution in [2.45, 2.75) is 31.2 Å². The molecule has 1 aromatic heterocycles. The molecular formula is C27H26N2O. The first-order valence-corrected chi connectivity index (χ1v) is 10.5. The van der Waals surface area contributed by atoms with Crippen molar-refractivity contribution in [2.24, 2.45) is 0 Å². The lowest BCUT2D eigenvalue weighted by Crippen LogP contribution is -2.37. The van der Waals surface area contributed by atoms with E-state index in [0.717, 1.165) is 41.5 Å². The Morgan fingerprint density at radius 2 is 1.30 bits per heavy atom. The molecule has 0 aliphatic rings. The van der Waals surface area contributed by atoms with Gasteiger partial charge < -0.3 is 9.36 Å². The number of rotatable bonds is 8. The fraction of sp³-hybridized carbons (Fsp3) is 0.185. The SMILES string of the molecule is CCCC(C=O)c1cn(C(c2ccccc2)(c2ccccc2)c2ccccc2)cn1. The van der Waals surface area contributed by atoms with Gasteiger partial charge >= 0.3 is 0 Å². The van der Waals surface area contributed by atoms with E-state index in [1.165, 1.54) is 0 Å². The van der Waals surface area contributed by atoms with Crippen molar-refractivity contribution in [1.29, 1.82) is 0 Å². The molecule has 0 amide bonds. The molecule has 0 bridgehead atoms. The molecule has 3 nitrogen and oxygen atoms in total. The number of aromatic nitrogens is 2. The van der Waals surface area contributed by atoms with Crippen LogP contribution < -0.4 is 0 Å². The molecule has 0 aliphatic heterocycles. The van der Waals surface area contributed by atoms with Crippen LogP contribution >= 0.6 is 0 Å². The third-order valence-electron chi connectivity index (χ3n) is 5.71. The van der Waals surface area contributed by atoms with Crippen LogP contribution in [0.2, 0.25) is 0 Å². The van der Waals surface area contributed by atoms with Gasteiger partial charge in [0.1, 0.15) is 11.8 Å². The van der Waals surface area contributed by atoms with Gasteiger partial charge in [0.05, 0.1) is 17.9 Å². The van der Waals surface area contributed by atoms with Crippen LogP contribution in [0.3, 0.4) is 0 Å². The van der Waals surface area contributed by atoms with Crippen molar-refractivity contribution in [2.75, 3.05) is 0 Å². The molecule has 0 saturated heterocycles. The third kappa shape index (κ3) is 3.48. The second-order valence-electron chi connectivity index (χ2n) is 7.55. The molecule has 0 saturated carbocycles. The molecule has 3 heteroatoms. The van der Waals surface area contributed by atoms with Gasteiger partial charge in [-0.2, -0.15) is 0 Å². The number of hydrogen-bond acceptors (Lipinski definition) is 2. The van der Waals surface area contributed by atoms with Gasteiger partial charge in [0.25, 0.3) is 0 Å². The number of carbonyl (C=O) groups is 1. The molecule has 1 atom stereocenters. The molecule has 150 valence electrons. The van der Waals surface area contributed by atoms with Crippen LogP contribution in [-0.4, -0.2) is 15.8 Å². The largest absolute Gasteiger partial charge is 0.319 e. The smallest absolute Gasteiger partial charge is 0.129 e. The normalized spacial score (nSPS) is 12.4. The van der Waals surface area contributed by atoms with Gasteiger partial charge in [-0.05, 0) is 23.1 Å². The summed E-state index contributed by atoms with van der Waals surface area (Å²) in [5.41, 5.74) is 3.66. The zero-order valence-corrected chi connectivity index (χ0v) is 17.2. The summed E-state index contributed by atoms with van der Waals surface area (Å²) >= 11 is 0. The van der Waals surface area contributed by atoms with Crippen molar-refractivity contribution in [3.05, 3.63) is 126 Å². The summed E-state index contributed by atoms with van der Waals surface area (Å²) in [6.45, 7) is 2.09. The number of nitrogens with zero attached hydrogens (tertiary/aromatic N) is 2. The van der Waals surface area contributed by atoms with Crippen molar-refractivity contribution >= 4 is 6.29 Å².